The van der Waals surface area contributed by atoms with E-state index in [0.717, 1.165) is 24.2 Å². The zero-order valence-electron chi connectivity index (χ0n) is 20.7. The van der Waals surface area contributed by atoms with E-state index in [0.29, 0.717) is 41.3 Å². The van der Waals surface area contributed by atoms with Crippen molar-refractivity contribution in [2.75, 3.05) is 11.3 Å². The fraction of sp³-hybridized carbons (Fsp3) is 0.269. The number of sulfonamides is 1. The second-order valence-corrected chi connectivity index (χ2v) is 9.98. The number of nitrogens with one attached hydrogen (secondary N) is 1. The zero-order valence-corrected chi connectivity index (χ0v) is 21.5. The van der Waals surface area contributed by atoms with Crippen LogP contribution < -0.4 is 14.2 Å². The maximum Gasteiger partial charge on any atom is 0.261 e. The Morgan fingerprint density at radius 2 is 1.64 bits per heavy atom. The Hall–Kier alpha value is -3.92. The fourth-order valence-corrected chi connectivity index (χ4v) is 4.46. The van der Waals surface area contributed by atoms with Crippen molar-refractivity contribution < 1.29 is 17.9 Å². The van der Waals surface area contributed by atoms with Gasteiger partial charge >= 0.3 is 0 Å². The van der Waals surface area contributed by atoms with Crippen molar-refractivity contribution >= 4 is 15.7 Å². The predicted molar refractivity (Wildman–Crippen MR) is 138 cm³/mol. The second-order valence-electron chi connectivity index (χ2n) is 8.30. The topological polar surface area (TPSA) is 108 Å². The number of hydrogen-bond acceptors (Lipinski definition) is 7. The number of benzene rings is 2. The van der Waals surface area contributed by atoms with Gasteiger partial charge in [-0.25, -0.2) is 18.4 Å². The molecule has 188 valence electrons. The maximum atomic E-state index is 12.8. The van der Waals surface area contributed by atoms with E-state index in [-0.39, 0.29) is 4.90 Å². The molecule has 2 aromatic heterocycles. The molecule has 0 aliphatic heterocycles. The highest BCUT2D eigenvalue weighted by atomic mass is 32.2. The van der Waals surface area contributed by atoms with Crippen LogP contribution in [0.4, 0.5) is 5.69 Å². The van der Waals surface area contributed by atoms with E-state index < -0.39 is 10.0 Å². The van der Waals surface area contributed by atoms with E-state index in [1.807, 2.05) is 18.4 Å². The molecule has 0 aliphatic carbocycles. The first-order valence-electron chi connectivity index (χ1n) is 11.7. The van der Waals surface area contributed by atoms with Gasteiger partial charge in [0.1, 0.15) is 29.5 Å². The summed E-state index contributed by atoms with van der Waals surface area (Å²) in [6, 6.07) is 14.7. The predicted octanol–water partition coefficient (Wildman–Crippen LogP) is 5.36. The number of unbranched alkanes of at least 4 members (excludes halogenated alkanes) is 1. The van der Waals surface area contributed by atoms with Crippen LogP contribution in [0.5, 0.6) is 17.4 Å². The van der Waals surface area contributed by atoms with Gasteiger partial charge in [0.15, 0.2) is 0 Å². The van der Waals surface area contributed by atoms with Crippen LogP contribution >= 0.6 is 0 Å². The van der Waals surface area contributed by atoms with E-state index in [4.69, 9.17) is 9.47 Å². The van der Waals surface area contributed by atoms with E-state index >= 15 is 0 Å². The zero-order chi connectivity index (χ0) is 25.7. The van der Waals surface area contributed by atoms with Gasteiger partial charge in [-0.15, -0.1) is 0 Å². The molecule has 0 bridgehead atoms. The van der Waals surface area contributed by atoms with Crippen molar-refractivity contribution in [1.29, 1.82) is 0 Å². The summed E-state index contributed by atoms with van der Waals surface area (Å²) in [6.45, 7) is 8.38. The lowest BCUT2D eigenvalue weighted by Crippen LogP contribution is -2.12. The lowest BCUT2D eigenvalue weighted by atomic mass is 10.3. The number of hydrogen-bond donors (Lipinski definition) is 1. The monoisotopic (exact) mass is 507 g/mol. The van der Waals surface area contributed by atoms with Crippen LogP contribution in [0.15, 0.2) is 65.8 Å². The Bertz CT molecular complexity index is 1430. The summed E-state index contributed by atoms with van der Waals surface area (Å²) >= 11 is 0. The highest BCUT2D eigenvalue weighted by molar-refractivity contribution is 7.92. The lowest BCUT2D eigenvalue weighted by Gasteiger charge is -2.11. The minimum atomic E-state index is -3.75. The summed E-state index contributed by atoms with van der Waals surface area (Å²) in [4.78, 5) is 13.3. The highest BCUT2D eigenvalue weighted by Crippen LogP contribution is 2.25. The number of aromatic nitrogens is 4. The number of anilines is 1. The summed E-state index contributed by atoms with van der Waals surface area (Å²) < 4.78 is 41.5. The first-order chi connectivity index (χ1) is 17.2. The van der Waals surface area contributed by atoms with Crippen molar-refractivity contribution in [2.45, 2.75) is 45.4 Å². The van der Waals surface area contributed by atoms with Gasteiger partial charge in [-0.3, -0.25) is 9.29 Å². The summed E-state index contributed by atoms with van der Waals surface area (Å²) in [5.41, 5.74) is 2.31. The number of aryl methyl sites for hydroxylation is 2. The molecule has 0 radical (unpaired) electrons. The van der Waals surface area contributed by atoms with E-state index in [1.54, 1.807) is 55.7 Å². The normalized spacial score (nSPS) is 11.3. The van der Waals surface area contributed by atoms with Gasteiger partial charge in [0.05, 0.1) is 17.2 Å². The van der Waals surface area contributed by atoms with Crippen LogP contribution in [0.25, 0.3) is 5.82 Å². The maximum absolute atomic E-state index is 12.8. The number of imidazole rings is 1. The van der Waals surface area contributed by atoms with Gasteiger partial charge in [0.25, 0.3) is 10.0 Å². The van der Waals surface area contributed by atoms with E-state index in [9.17, 15) is 8.42 Å². The average Bonchev–Trinajstić information content (AvgIpc) is 3.18. The molecule has 0 saturated carbocycles. The third-order valence-electron chi connectivity index (χ3n) is 5.53. The third kappa shape index (κ3) is 6.01. The van der Waals surface area contributed by atoms with Gasteiger partial charge in [-0.05, 0) is 75.7 Å². The Morgan fingerprint density at radius 1 is 0.944 bits per heavy atom. The molecule has 0 fully saturated rings. The molecule has 2 heterocycles. The molecule has 0 aliphatic rings. The van der Waals surface area contributed by atoms with Crippen molar-refractivity contribution in [3.05, 3.63) is 78.1 Å². The molecule has 0 spiro atoms. The number of rotatable bonds is 10. The quantitative estimate of drug-likeness (QED) is 0.288. The van der Waals surface area contributed by atoms with Gasteiger partial charge < -0.3 is 9.47 Å². The summed E-state index contributed by atoms with van der Waals surface area (Å²) in [5.74, 6) is 2.73. The Balaban J connectivity index is 1.44. The largest absolute Gasteiger partial charge is 0.494 e. The molecular weight excluding hydrogens is 478 g/mol. The standard InChI is InChI=1S/C26H29N5O4S/c1-5-6-15-34-22-11-13-24(14-12-22)36(32,33)30-21-7-9-23(10-8-21)35-26-16-25(28-20(4)29-26)31-17-27-18(2)19(31)3/h7-14,16-17,30H,5-6,15H2,1-4H3. The first-order valence-corrected chi connectivity index (χ1v) is 13.1. The van der Waals surface area contributed by atoms with Crippen molar-refractivity contribution in [1.82, 2.24) is 19.5 Å². The van der Waals surface area contributed by atoms with E-state index in [1.165, 1.54) is 12.1 Å². The molecular formula is C26H29N5O4S. The average molecular weight is 508 g/mol. The van der Waals surface area contributed by atoms with Gasteiger partial charge in [0, 0.05) is 17.4 Å². The van der Waals surface area contributed by atoms with Crippen LogP contribution in [0.2, 0.25) is 0 Å². The Kier molecular flexibility index (Phi) is 7.54. The molecule has 9 nitrogen and oxygen atoms in total. The number of ether oxygens (including phenoxy) is 2. The van der Waals surface area contributed by atoms with Crippen LogP contribution in [-0.2, 0) is 10.0 Å². The molecule has 0 amide bonds. The fourth-order valence-electron chi connectivity index (χ4n) is 3.41. The van der Waals surface area contributed by atoms with Crippen LogP contribution in [-0.4, -0.2) is 34.5 Å². The molecule has 0 saturated heterocycles. The van der Waals surface area contributed by atoms with Crippen molar-refractivity contribution in [3.63, 3.8) is 0 Å². The van der Waals surface area contributed by atoms with Crippen LogP contribution in [0.3, 0.4) is 0 Å². The highest BCUT2D eigenvalue weighted by Gasteiger charge is 2.15. The SMILES string of the molecule is CCCCOc1ccc(S(=O)(=O)Nc2ccc(Oc3cc(-n4cnc(C)c4C)nc(C)n3)cc2)cc1. The van der Waals surface area contributed by atoms with Gasteiger partial charge in [-0.1, -0.05) is 13.3 Å². The third-order valence-corrected chi connectivity index (χ3v) is 6.93. The summed E-state index contributed by atoms with van der Waals surface area (Å²) in [7, 11) is -3.75. The van der Waals surface area contributed by atoms with Crippen LogP contribution in [0.1, 0.15) is 37.0 Å². The smallest absolute Gasteiger partial charge is 0.261 e. The molecule has 0 atom stereocenters. The second kappa shape index (κ2) is 10.8. The van der Waals surface area contributed by atoms with Crippen LogP contribution in [0, 0.1) is 20.8 Å². The Morgan fingerprint density at radius 3 is 2.28 bits per heavy atom. The van der Waals surface area contributed by atoms with Gasteiger partial charge in [0.2, 0.25) is 5.88 Å². The van der Waals surface area contributed by atoms with Crippen molar-refractivity contribution in [3.8, 4) is 23.2 Å². The Labute approximate surface area is 211 Å². The summed E-state index contributed by atoms with van der Waals surface area (Å²) in [6.07, 6.45) is 3.69. The number of nitrogens with zero attached hydrogens (tertiary/aromatic N) is 4. The summed E-state index contributed by atoms with van der Waals surface area (Å²) in [5, 5.41) is 0. The lowest BCUT2D eigenvalue weighted by molar-refractivity contribution is 0.309. The van der Waals surface area contributed by atoms with Gasteiger partial charge in [-0.2, -0.15) is 4.98 Å². The molecule has 4 aromatic rings. The van der Waals surface area contributed by atoms with E-state index in [2.05, 4.69) is 26.6 Å². The molecule has 2 aromatic carbocycles. The molecule has 10 heteroatoms. The molecule has 4 rings (SSSR count). The molecule has 36 heavy (non-hydrogen) atoms. The minimum Gasteiger partial charge on any atom is -0.494 e. The molecule has 1 N–H and O–H groups in total. The minimum absolute atomic E-state index is 0.152. The van der Waals surface area contributed by atoms with Crippen molar-refractivity contribution in [2.24, 2.45) is 0 Å². The molecule has 0 unspecified atom stereocenters. The first kappa shape index (κ1) is 25.2.